The molecular weight excluding hydrogens is 108 g/mol. The SMILES string of the molecule is CC1=C(CCC(C)C)C1. The quantitative estimate of drug-likeness (QED) is 0.507. The van der Waals surface area contributed by atoms with E-state index in [2.05, 4.69) is 20.8 Å². The van der Waals surface area contributed by atoms with Crippen molar-refractivity contribution in [3.63, 3.8) is 0 Å². The Bertz CT molecular complexity index is 129. The van der Waals surface area contributed by atoms with E-state index >= 15 is 0 Å². The van der Waals surface area contributed by atoms with Crippen LogP contribution in [0.15, 0.2) is 11.1 Å². The van der Waals surface area contributed by atoms with Gasteiger partial charge in [-0.25, -0.2) is 0 Å². The Morgan fingerprint density at radius 3 is 2.33 bits per heavy atom. The normalized spacial score (nSPS) is 17.3. The monoisotopic (exact) mass is 124 g/mol. The third kappa shape index (κ3) is 2.21. The number of rotatable bonds is 3. The largest absolute Gasteiger partial charge is 0.0697 e. The fraction of sp³-hybridized carbons (Fsp3) is 0.778. The molecule has 9 heavy (non-hydrogen) atoms. The smallest absolute Gasteiger partial charge is 0.0106 e. The van der Waals surface area contributed by atoms with Crippen molar-refractivity contribution in [2.45, 2.75) is 40.0 Å². The third-order valence-electron chi connectivity index (χ3n) is 1.98. The van der Waals surface area contributed by atoms with E-state index in [1.54, 1.807) is 11.1 Å². The molecule has 0 nitrogen and oxygen atoms in total. The van der Waals surface area contributed by atoms with Gasteiger partial charge in [0.2, 0.25) is 0 Å². The topological polar surface area (TPSA) is 0 Å². The van der Waals surface area contributed by atoms with Crippen LogP contribution >= 0.6 is 0 Å². The summed E-state index contributed by atoms with van der Waals surface area (Å²) in [6, 6.07) is 0. The van der Waals surface area contributed by atoms with Gasteiger partial charge in [0.25, 0.3) is 0 Å². The maximum absolute atomic E-state index is 2.29. The molecule has 0 heterocycles. The molecule has 0 radical (unpaired) electrons. The molecule has 0 saturated carbocycles. The van der Waals surface area contributed by atoms with Gasteiger partial charge in [-0.2, -0.15) is 0 Å². The van der Waals surface area contributed by atoms with Crippen molar-refractivity contribution in [3.05, 3.63) is 11.1 Å². The molecule has 0 aromatic rings. The Morgan fingerprint density at radius 2 is 2.00 bits per heavy atom. The minimum absolute atomic E-state index is 0.880. The first-order valence-electron chi connectivity index (χ1n) is 3.87. The Labute approximate surface area is 58.0 Å². The van der Waals surface area contributed by atoms with Crippen molar-refractivity contribution in [2.24, 2.45) is 5.92 Å². The number of allylic oxidation sites excluding steroid dienone is 2. The summed E-state index contributed by atoms with van der Waals surface area (Å²) in [5.74, 6) is 0.880. The van der Waals surface area contributed by atoms with Crippen molar-refractivity contribution >= 4 is 0 Å². The first-order valence-corrected chi connectivity index (χ1v) is 3.87. The molecule has 1 rings (SSSR count). The predicted molar refractivity (Wildman–Crippen MR) is 41.4 cm³/mol. The second-order valence-corrected chi connectivity index (χ2v) is 3.49. The molecule has 0 aliphatic heterocycles. The zero-order valence-corrected chi connectivity index (χ0v) is 6.70. The highest BCUT2D eigenvalue weighted by Gasteiger charge is 2.15. The molecule has 0 aromatic carbocycles. The summed E-state index contributed by atoms with van der Waals surface area (Å²) >= 11 is 0. The van der Waals surface area contributed by atoms with Crippen molar-refractivity contribution in [3.8, 4) is 0 Å². The molecule has 0 fully saturated rings. The summed E-state index contributed by atoms with van der Waals surface area (Å²) in [6.07, 6.45) is 4.09. The molecule has 1 aliphatic rings. The van der Waals surface area contributed by atoms with Gasteiger partial charge in [0, 0.05) is 0 Å². The molecule has 0 atom stereocenters. The average molecular weight is 124 g/mol. The molecule has 0 amide bonds. The van der Waals surface area contributed by atoms with E-state index in [1.807, 2.05) is 0 Å². The van der Waals surface area contributed by atoms with Crippen LogP contribution in [0, 0.1) is 5.92 Å². The van der Waals surface area contributed by atoms with Crippen molar-refractivity contribution in [2.75, 3.05) is 0 Å². The van der Waals surface area contributed by atoms with Gasteiger partial charge >= 0.3 is 0 Å². The summed E-state index contributed by atoms with van der Waals surface area (Å²) in [4.78, 5) is 0. The summed E-state index contributed by atoms with van der Waals surface area (Å²) < 4.78 is 0. The second kappa shape index (κ2) is 2.55. The van der Waals surface area contributed by atoms with E-state index < -0.39 is 0 Å². The molecular formula is C9H16. The van der Waals surface area contributed by atoms with Gasteiger partial charge in [-0.3, -0.25) is 0 Å². The lowest BCUT2D eigenvalue weighted by atomic mass is 10.1. The second-order valence-electron chi connectivity index (χ2n) is 3.49. The van der Waals surface area contributed by atoms with Gasteiger partial charge in [-0.15, -0.1) is 0 Å². The van der Waals surface area contributed by atoms with E-state index in [9.17, 15) is 0 Å². The highest BCUT2D eigenvalue weighted by atomic mass is 14.2. The van der Waals surface area contributed by atoms with Gasteiger partial charge in [-0.1, -0.05) is 25.0 Å². The molecule has 0 N–H and O–H groups in total. The highest BCUT2D eigenvalue weighted by Crippen LogP contribution is 2.34. The van der Waals surface area contributed by atoms with Crippen LogP contribution in [0.4, 0.5) is 0 Å². The molecule has 0 aromatic heterocycles. The average Bonchev–Trinajstić information content (AvgIpc) is 2.42. The van der Waals surface area contributed by atoms with Gasteiger partial charge in [0.05, 0.1) is 0 Å². The van der Waals surface area contributed by atoms with Crippen LogP contribution < -0.4 is 0 Å². The lowest BCUT2D eigenvalue weighted by molar-refractivity contribution is 0.588. The van der Waals surface area contributed by atoms with Crippen LogP contribution in [0.3, 0.4) is 0 Å². The summed E-state index contributed by atoms with van der Waals surface area (Å²) in [5, 5.41) is 0. The molecule has 0 heteroatoms. The lowest BCUT2D eigenvalue weighted by Crippen LogP contribution is -1.84. The standard InChI is InChI=1S/C9H16/c1-7(2)4-5-9-6-8(9)3/h7H,4-6H2,1-3H3. The fourth-order valence-electron chi connectivity index (χ4n) is 1.04. The minimum Gasteiger partial charge on any atom is -0.0697 e. The minimum atomic E-state index is 0.880. The summed E-state index contributed by atoms with van der Waals surface area (Å²) in [5.41, 5.74) is 3.37. The van der Waals surface area contributed by atoms with Crippen LogP contribution in [0.5, 0.6) is 0 Å². The van der Waals surface area contributed by atoms with Crippen molar-refractivity contribution < 1.29 is 0 Å². The zero-order valence-electron chi connectivity index (χ0n) is 6.70. The van der Waals surface area contributed by atoms with Crippen LogP contribution in [-0.2, 0) is 0 Å². The van der Waals surface area contributed by atoms with Crippen molar-refractivity contribution in [1.29, 1.82) is 0 Å². The molecule has 52 valence electrons. The summed E-state index contributed by atoms with van der Waals surface area (Å²) in [7, 11) is 0. The maximum Gasteiger partial charge on any atom is -0.0106 e. The lowest BCUT2D eigenvalue weighted by Gasteiger charge is -1.98. The molecule has 0 saturated heterocycles. The molecule has 0 unspecified atom stereocenters. The van der Waals surface area contributed by atoms with Crippen LogP contribution in [-0.4, -0.2) is 0 Å². The van der Waals surface area contributed by atoms with Gasteiger partial charge in [0.1, 0.15) is 0 Å². The highest BCUT2D eigenvalue weighted by molar-refractivity contribution is 5.32. The van der Waals surface area contributed by atoms with Crippen molar-refractivity contribution in [1.82, 2.24) is 0 Å². The third-order valence-corrected chi connectivity index (χ3v) is 1.98. The first kappa shape index (κ1) is 6.85. The first-order chi connectivity index (χ1) is 4.20. The Hall–Kier alpha value is -0.260. The van der Waals surface area contributed by atoms with Crippen LogP contribution in [0.1, 0.15) is 40.0 Å². The zero-order chi connectivity index (χ0) is 6.85. The van der Waals surface area contributed by atoms with E-state index in [-0.39, 0.29) is 0 Å². The van der Waals surface area contributed by atoms with Crippen LogP contribution in [0.2, 0.25) is 0 Å². The summed E-state index contributed by atoms with van der Waals surface area (Å²) in [6.45, 7) is 6.83. The number of hydrogen-bond donors (Lipinski definition) is 0. The molecule has 0 spiro atoms. The predicted octanol–water partition coefficient (Wildman–Crippen LogP) is 3.14. The van der Waals surface area contributed by atoms with Gasteiger partial charge in [0.15, 0.2) is 0 Å². The Morgan fingerprint density at radius 1 is 1.44 bits per heavy atom. The van der Waals surface area contributed by atoms with E-state index in [1.165, 1.54) is 19.3 Å². The van der Waals surface area contributed by atoms with Gasteiger partial charge < -0.3 is 0 Å². The van der Waals surface area contributed by atoms with E-state index in [4.69, 9.17) is 0 Å². The Balaban J connectivity index is 2.07. The van der Waals surface area contributed by atoms with Crippen LogP contribution in [0.25, 0.3) is 0 Å². The van der Waals surface area contributed by atoms with Gasteiger partial charge in [-0.05, 0) is 32.1 Å². The van der Waals surface area contributed by atoms with E-state index in [0.29, 0.717) is 0 Å². The molecule has 1 aliphatic carbocycles. The number of hydrogen-bond acceptors (Lipinski definition) is 0. The molecule has 0 bridgehead atoms. The Kier molecular flexibility index (Phi) is 1.94. The fourth-order valence-corrected chi connectivity index (χ4v) is 1.04. The van der Waals surface area contributed by atoms with E-state index in [0.717, 1.165) is 5.92 Å². The maximum atomic E-state index is 2.29.